The van der Waals surface area contributed by atoms with Crippen LogP contribution in [0.1, 0.15) is 5.69 Å². The highest BCUT2D eigenvalue weighted by atomic mass is 19.4. The van der Waals surface area contributed by atoms with Crippen LogP contribution >= 0.6 is 0 Å². The number of hydrogen-bond donors (Lipinski definition) is 0. The third-order valence-corrected chi connectivity index (χ3v) is 4.40. The summed E-state index contributed by atoms with van der Waals surface area (Å²) in [5.41, 5.74) is 0.537. The van der Waals surface area contributed by atoms with Gasteiger partial charge in [-0.25, -0.2) is 19.9 Å². The molecule has 0 unspecified atom stereocenters. The number of hydrogen-bond acceptors (Lipinski definition) is 7. The van der Waals surface area contributed by atoms with Gasteiger partial charge in [-0.2, -0.15) is 13.2 Å². The first-order chi connectivity index (χ1) is 13.5. The van der Waals surface area contributed by atoms with E-state index < -0.39 is 11.9 Å². The zero-order chi connectivity index (χ0) is 19.6. The van der Waals surface area contributed by atoms with E-state index in [9.17, 15) is 13.2 Å². The maximum Gasteiger partial charge on any atom is 0.433 e. The molecule has 28 heavy (non-hydrogen) atoms. The first kappa shape index (κ1) is 18.1. The van der Waals surface area contributed by atoms with Gasteiger partial charge >= 0.3 is 6.18 Å². The highest BCUT2D eigenvalue weighted by molar-refractivity contribution is 5.55. The molecule has 0 radical (unpaired) electrons. The topological polar surface area (TPSA) is 70.9 Å². The van der Waals surface area contributed by atoms with Crippen molar-refractivity contribution in [2.24, 2.45) is 0 Å². The van der Waals surface area contributed by atoms with Crippen LogP contribution < -0.4 is 9.80 Å². The van der Waals surface area contributed by atoms with Crippen LogP contribution in [0.15, 0.2) is 49.1 Å². The van der Waals surface area contributed by atoms with Gasteiger partial charge in [0.25, 0.3) is 0 Å². The quantitative estimate of drug-likeness (QED) is 0.684. The molecule has 144 valence electrons. The van der Waals surface area contributed by atoms with Crippen LogP contribution in [-0.2, 0) is 6.18 Å². The molecule has 1 fully saturated rings. The number of anilines is 2. The lowest BCUT2D eigenvalue weighted by Crippen LogP contribution is -2.47. The number of pyridine rings is 1. The summed E-state index contributed by atoms with van der Waals surface area (Å²) in [6, 6.07) is 8.37. The van der Waals surface area contributed by atoms with Crippen LogP contribution in [0.2, 0.25) is 0 Å². The minimum Gasteiger partial charge on any atom is -0.353 e. The first-order valence-corrected chi connectivity index (χ1v) is 8.64. The minimum atomic E-state index is -4.49. The normalized spacial score (nSPS) is 15.0. The van der Waals surface area contributed by atoms with Crippen LogP contribution in [0.25, 0.3) is 11.4 Å². The molecule has 3 aromatic heterocycles. The monoisotopic (exact) mass is 387 g/mol. The van der Waals surface area contributed by atoms with E-state index in [1.54, 1.807) is 23.4 Å². The number of alkyl halides is 3. The second-order valence-corrected chi connectivity index (χ2v) is 6.19. The minimum absolute atomic E-state index is 0.269. The van der Waals surface area contributed by atoms with Crippen molar-refractivity contribution in [2.45, 2.75) is 6.18 Å². The summed E-state index contributed by atoms with van der Waals surface area (Å²) in [6.07, 6.45) is -0.158. The molecule has 0 saturated carbocycles. The second-order valence-electron chi connectivity index (χ2n) is 6.19. The SMILES string of the molecule is FC(F)(F)c1cc(N2CCN(c3nccc(-c4ccccn4)n3)CC2)ncn1. The molecule has 0 spiro atoms. The third-order valence-electron chi connectivity index (χ3n) is 4.40. The summed E-state index contributed by atoms with van der Waals surface area (Å²) in [5, 5.41) is 0. The highest BCUT2D eigenvalue weighted by Gasteiger charge is 2.33. The Morgan fingerprint density at radius 1 is 0.786 bits per heavy atom. The molecule has 0 bridgehead atoms. The molecular formula is C18H16F3N7. The molecular weight excluding hydrogens is 371 g/mol. The summed E-state index contributed by atoms with van der Waals surface area (Å²) in [5.74, 6) is 0.839. The fourth-order valence-electron chi connectivity index (χ4n) is 2.97. The Hall–Kier alpha value is -3.30. The fourth-order valence-corrected chi connectivity index (χ4v) is 2.97. The van der Waals surface area contributed by atoms with Crippen LogP contribution in [0.4, 0.5) is 24.9 Å². The summed E-state index contributed by atoms with van der Waals surface area (Å²) >= 11 is 0. The van der Waals surface area contributed by atoms with Gasteiger partial charge in [0.05, 0.1) is 11.4 Å². The molecule has 0 amide bonds. The maximum atomic E-state index is 12.9. The maximum absolute atomic E-state index is 12.9. The molecule has 0 N–H and O–H groups in total. The average Bonchev–Trinajstić information content (AvgIpc) is 2.74. The van der Waals surface area contributed by atoms with Crippen molar-refractivity contribution in [1.29, 1.82) is 0 Å². The molecule has 0 atom stereocenters. The molecule has 1 saturated heterocycles. The standard InChI is InChI=1S/C18H16F3N7/c19-18(20,21)15-11-16(25-12-24-15)27-7-9-28(10-8-27)17-23-6-4-14(26-17)13-3-1-2-5-22-13/h1-6,11-12H,7-10H2. The van der Waals surface area contributed by atoms with E-state index in [0.29, 0.717) is 32.1 Å². The van der Waals surface area contributed by atoms with Crippen LogP contribution in [0.5, 0.6) is 0 Å². The Morgan fingerprint density at radius 2 is 1.57 bits per heavy atom. The number of aromatic nitrogens is 5. The molecule has 0 aliphatic carbocycles. The largest absolute Gasteiger partial charge is 0.433 e. The molecule has 4 heterocycles. The van der Waals surface area contributed by atoms with Gasteiger partial charge in [0.1, 0.15) is 17.8 Å². The first-order valence-electron chi connectivity index (χ1n) is 8.64. The lowest BCUT2D eigenvalue weighted by molar-refractivity contribution is -0.141. The molecule has 1 aliphatic rings. The van der Waals surface area contributed by atoms with Gasteiger partial charge in [0.2, 0.25) is 5.95 Å². The van der Waals surface area contributed by atoms with Gasteiger partial charge in [-0.1, -0.05) is 6.07 Å². The third kappa shape index (κ3) is 3.85. The van der Waals surface area contributed by atoms with Gasteiger partial charge in [-0.05, 0) is 18.2 Å². The molecule has 4 rings (SSSR count). The Balaban J connectivity index is 1.46. The van der Waals surface area contributed by atoms with Crippen molar-refractivity contribution >= 4 is 11.8 Å². The number of nitrogens with zero attached hydrogens (tertiary/aromatic N) is 7. The lowest BCUT2D eigenvalue weighted by Gasteiger charge is -2.35. The van der Waals surface area contributed by atoms with Crippen molar-refractivity contribution < 1.29 is 13.2 Å². The van der Waals surface area contributed by atoms with E-state index in [1.807, 2.05) is 23.1 Å². The van der Waals surface area contributed by atoms with Crippen LogP contribution in [-0.4, -0.2) is 51.1 Å². The van der Waals surface area contributed by atoms with E-state index in [2.05, 4.69) is 24.9 Å². The van der Waals surface area contributed by atoms with E-state index in [4.69, 9.17) is 0 Å². The Kier molecular flexibility index (Phi) is 4.76. The Bertz CT molecular complexity index is 941. The molecule has 7 nitrogen and oxygen atoms in total. The van der Waals surface area contributed by atoms with Gasteiger partial charge in [0.15, 0.2) is 0 Å². The summed E-state index contributed by atoms with van der Waals surface area (Å²) in [6.45, 7) is 2.14. The molecule has 10 heteroatoms. The van der Waals surface area contributed by atoms with Crippen molar-refractivity contribution in [3.63, 3.8) is 0 Å². The van der Waals surface area contributed by atoms with Crippen LogP contribution in [0, 0.1) is 0 Å². The van der Waals surface area contributed by atoms with E-state index >= 15 is 0 Å². The van der Waals surface area contributed by atoms with Crippen molar-refractivity contribution in [3.8, 4) is 11.4 Å². The predicted octanol–water partition coefficient (Wildman–Crippen LogP) is 2.67. The van der Waals surface area contributed by atoms with E-state index in [0.717, 1.165) is 23.8 Å². The van der Waals surface area contributed by atoms with Gasteiger partial charge in [0, 0.05) is 44.6 Å². The number of piperazine rings is 1. The van der Waals surface area contributed by atoms with Crippen molar-refractivity contribution in [2.75, 3.05) is 36.0 Å². The summed E-state index contributed by atoms with van der Waals surface area (Å²) in [7, 11) is 0. The molecule has 1 aliphatic heterocycles. The smallest absolute Gasteiger partial charge is 0.353 e. The fraction of sp³-hybridized carbons (Fsp3) is 0.278. The van der Waals surface area contributed by atoms with Crippen molar-refractivity contribution in [3.05, 3.63) is 54.7 Å². The van der Waals surface area contributed by atoms with Crippen molar-refractivity contribution in [1.82, 2.24) is 24.9 Å². The van der Waals surface area contributed by atoms with Gasteiger partial charge < -0.3 is 9.80 Å². The predicted molar refractivity (Wildman–Crippen MR) is 96.7 cm³/mol. The highest BCUT2D eigenvalue weighted by Crippen LogP contribution is 2.29. The summed E-state index contributed by atoms with van der Waals surface area (Å²) in [4.78, 5) is 24.3. The van der Waals surface area contributed by atoms with E-state index in [1.165, 1.54) is 0 Å². The van der Waals surface area contributed by atoms with E-state index in [-0.39, 0.29) is 5.82 Å². The van der Waals surface area contributed by atoms with Crippen LogP contribution in [0.3, 0.4) is 0 Å². The second kappa shape index (κ2) is 7.37. The molecule has 3 aromatic rings. The zero-order valence-corrected chi connectivity index (χ0v) is 14.7. The average molecular weight is 387 g/mol. The number of halogens is 3. The zero-order valence-electron chi connectivity index (χ0n) is 14.7. The molecule has 0 aromatic carbocycles. The van der Waals surface area contributed by atoms with Gasteiger partial charge in [-0.3, -0.25) is 4.98 Å². The Labute approximate surface area is 158 Å². The summed E-state index contributed by atoms with van der Waals surface area (Å²) < 4.78 is 38.6. The van der Waals surface area contributed by atoms with Gasteiger partial charge in [-0.15, -0.1) is 0 Å². The Morgan fingerprint density at radius 3 is 2.29 bits per heavy atom. The number of rotatable bonds is 3. The lowest BCUT2D eigenvalue weighted by atomic mass is 10.2.